The molecule has 2 heteroatoms. The van der Waals surface area contributed by atoms with E-state index >= 15 is 0 Å². The number of para-hydroxylation sites is 1. The van der Waals surface area contributed by atoms with Crippen molar-refractivity contribution in [2.24, 2.45) is 0 Å². The van der Waals surface area contributed by atoms with Crippen molar-refractivity contribution >= 4 is 11.6 Å². The molecule has 0 aromatic heterocycles. The van der Waals surface area contributed by atoms with Crippen LogP contribution in [0, 0.1) is 6.07 Å². The molecule has 2 rings (SSSR count). The first-order valence-corrected chi connectivity index (χ1v) is 5.00. The third kappa shape index (κ3) is 1.97. The summed E-state index contributed by atoms with van der Waals surface area (Å²) in [5.74, 6) is 0.714. The molecule has 0 aliphatic rings. The monoisotopic (exact) mass is 217 g/mol. The smallest absolute Gasteiger partial charge is 0.134 e. The summed E-state index contributed by atoms with van der Waals surface area (Å²) in [6.45, 7) is 0. The van der Waals surface area contributed by atoms with E-state index in [4.69, 9.17) is 16.3 Å². The molecule has 0 fully saturated rings. The number of hydrogen-bond acceptors (Lipinski definition) is 1. The van der Waals surface area contributed by atoms with E-state index in [1.807, 2.05) is 42.5 Å². The van der Waals surface area contributed by atoms with E-state index < -0.39 is 0 Å². The Kier molecular flexibility index (Phi) is 2.93. The predicted octanol–water partition coefficient (Wildman–Crippen LogP) is 3.82. The summed E-state index contributed by atoms with van der Waals surface area (Å²) in [6.07, 6.45) is 0. The van der Waals surface area contributed by atoms with Crippen LogP contribution in [0.3, 0.4) is 0 Å². The number of hydrogen-bond donors (Lipinski definition) is 0. The molecule has 0 aliphatic carbocycles. The highest BCUT2D eigenvalue weighted by Gasteiger charge is 2.07. The Bertz CT molecular complexity index is 466. The Hall–Kier alpha value is -1.47. The molecular formula is C13H10ClO. The van der Waals surface area contributed by atoms with Crippen molar-refractivity contribution in [3.63, 3.8) is 0 Å². The largest absolute Gasteiger partial charge is 0.495 e. The number of benzene rings is 2. The zero-order valence-corrected chi connectivity index (χ0v) is 9.08. The Morgan fingerprint density at radius 1 is 1.07 bits per heavy atom. The summed E-state index contributed by atoms with van der Waals surface area (Å²) in [5.41, 5.74) is 1.93. The highest BCUT2D eigenvalue weighted by Crippen LogP contribution is 2.33. The van der Waals surface area contributed by atoms with Gasteiger partial charge in [0.15, 0.2) is 0 Å². The molecule has 0 unspecified atom stereocenters. The van der Waals surface area contributed by atoms with Crippen LogP contribution in [0.1, 0.15) is 0 Å². The molecule has 2 aromatic rings. The van der Waals surface area contributed by atoms with E-state index in [0.29, 0.717) is 5.75 Å². The molecule has 0 bridgehead atoms. The fraction of sp³-hybridized carbons (Fsp3) is 0.0769. The molecule has 15 heavy (non-hydrogen) atoms. The van der Waals surface area contributed by atoms with Crippen LogP contribution in [0.5, 0.6) is 5.75 Å². The standard InChI is InChI=1S/C13H10ClO/c1-15-13-9-5-3-7-11(13)10-6-2-4-8-12(10)14/h2-8H,1H3. The normalized spacial score (nSPS) is 10.0. The molecule has 0 N–H and O–H groups in total. The number of rotatable bonds is 2. The molecule has 75 valence electrons. The summed E-state index contributed by atoms with van der Waals surface area (Å²) in [7, 11) is 1.63. The second kappa shape index (κ2) is 4.37. The molecule has 0 saturated heterocycles. The Labute approximate surface area is 94.3 Å². The second-order valence-corrected chi connectivity index (χ2v) is 3.50. The Morgan fingerprint density at radius 2 is 1.80 bits per heavy atom. The van der Waals surface area contributed by atoms with E-state index in [0.717, 1.165) is 16.1 Å². The van der Waals surface area contributed by atoms with Crippen molar-refractivity contribution in [3.05, 3.63) is 53.6 Å². The maximum atomic E-state index is 6.12. The first-order valence-electron chi connectivity index (χ1n) is 4.62. The van der Waals surface area contributed by atoms with Gasteiger partial charge in [-0.05, 0) is 6.07 Å². The van der Waals surface area contributed by atoms with Gasteiger partial charge in [0.1, 0.15) is 5.75 Å². The van der Waals surface area contributed by atoms with Crippen molar-refractivity contribution in [2.75, 3.05) is 7.11 Å². The van der Waals surface area contributed by atoms with Gasteiger partial charge in [-0.2, -0.15) is 0 Å². The summed E-state index contributed by atoms with van der Waals surface area (Å²) in [4.78, 5) is 0. The molecule has 0 heterocycles. The molecule has 2 aromatic carbocycles. The molecule has 0 amide bonds. The highest BCUT2D eigenvalue weighted by molar-refractivity contribution is 6.33. The topological polar surface area (TPSA) is 9.23 Å². The van der Waals surface area contributed by atoms with Gasteiger partial charge in [0.25, 0.3) is 0 Å². The lowest BCUT2D eigenvalue weighted by Crippen LogP contribution is -1.87. The zero-order chi connectivity index (χ0) is 10.7. The van der Waals surface area contributed by atoms with Crippen LogP contribution in [0.2, 0.25) is 5.02 Å². The van der Waals surface area contributed by atoms with E-state index in [-0.39, 0.29) is 0 Å². The van der Waals surface area contributed by atoms with Crippen LogP contribution in [0.15, 0.2) is 42.5 Å². The minimum Gasteiger partial charge on any atom is -0.495 e. The Balaban J connectivity index is 2.59. The van der Waals surface area contributed by atoms with E-state index in [2.05, 4.69) is 6.07 Å². The van der Waals surface area contributed by atoms with Crippen molar-refractivity contribution in [1.82, 2.24) is 0 Å². The van der Waals surface area contributed by atoms with Crippen LogP contribution >= 0.6 is 11.6 Å². The summed E-state index contributed by atoms with van der Waals surface area (Å²) < 4.78 is 5.24. The Morgan fingerprint density at radius 3 is 2.53 bits per heavy atom. The van der Waals surface area contributed by atoms with Crippen LogP contribution in [0.25, 0.3) is 11.1 Å². The first kappa shape index (κ1) is 10.1. The van der Waals surface area contributed by atoms with E-state index in [1.54, 1.807) is 7.11 Å². The fourth-order valence-corrected chi connectivity index (χ4v) is 1.72. The number of methoxy groups -OCH3 is 1. The highest BCUT2D eigenvalue weighted by atomic mass is 35.5. The van der Waals surface area contributed by atoms with Crippen LogP contribution < -0.4 is 4.74 Å². The van der Waals surface area contributed by atoms with Gasteiger partial charge in [0.2, 0.25) is 0 Å². The maximum absolute atomic E-state index is 6.12. The number of halogens is 1. The lowest BCUT2D eigenvalue weighted by molar-refractivity contribution is 0.415. The fourth-order valence-electron chi connectivity index (χ4n) is 1.48. The van der Waals surface area contributed by atoms with Gasteiger partial charge in [-0.1, -0.05) is 48.0 Å². The minimum atomic E-state index is 0.714. The maximum Gasteiger partial charge on any atom is 0.134 e. The average molecular weight is 218 g/mol. The second-order valence-electron chi connectivity index (χ2n) is 3.10. The minimum absolute atomic E-state index is 0.714. The summed E-state index contributed by atoms with van der Waals surface area (Å²) in [5, 5.41) is 0.718. The van der Waals surface area contributed by atoms with Gasteiger partial charge in [-0.25, -0.2) is 0 Å². The van der Waals surface area contributed by atoms with Gasteiger partial charge in [0, 0.05) is 22.2 Å². The summed E-state index contributed by atoms with van der Waals surface area (Å²) in [6, 6.07) is 16.4. The molecular weight excluding hydrogens is 208 g/mol. The molecule has 0 saturated carbocycles. The third-order valence-corrected chi connectivity index (χ3v) is 2.52. The third-order valence-electron chi connectivity index (χ3n) is 2.19. The van der Waals surface area contributed by atoms with Gasteiger partial charge in [-0.15, -0.1) is 0 Å². The SMILES string of the molecule is COc1[c]cccc1-c1ccccc1Cl. The van der Waals surface area contributed by atoms with Crippen molar-refractivity contribution in [3.8, 4) is 16.9 Å². The quantitative estimate of drug-likeness (QED) is 0.743. The number of ether oxygens (including phenoxy) is 1. The first-order chi connectivity index (χ1) is 7.33. The van der Waals surface area contributed by atoms with Gasteiger partial charge >= 0.3 is 0 Å². The van der Waals surface area contributed by atoms with E-state index in [9.17, 15) is 0 Å². The van der Waals surface area contributed by atoms with Crippen molar-refractivity contribution in [2.45, 2.75) is 0 Å². The molecule has 1 nitrogen and oxygen atoms in total. The van der Waals surface area contributed by atoms with Crippen LogP contribution in [-0.2, 0) is 0 Å². The molecule has 0 atom stereocenters. The van der Waals surface area contributed by atoms with Crippen molar-refractivity contribution in [1.29, 1.82) is 0 Å². The lowest BCUT2D eigenvalue weighted by atomic mass is 10.0. The molecule has 0 aliphatic heterocycles. The van der Waals surface area contributed by atoms with Crippen LogP contribution in [-0.4, -0.2) is 7.11 Å². The molecule has 0 spiro atoms. The van der Waals surface area contributed by atoms with Gasteiger partial charge in [-0.3, -0.25) is 0 Å². The average Bonchev–Trinajstić information content (AvgIpc) is 2.30. The summed E-state index contributed by atoms with van der Waals surface area (Å²) >= 11 is 6.12. The van der Waals surface area contributed by atoms with Crippen LogP contribution in [0.4, 0.5) is 0 Å². The van der Waals surface area contributed by atoms with Gasteiger partial charge < -0.3 is 4.74 Å². The van der Waals surface area contributed by atoms with E-state index in [1.165, 1.54) is 0 Å². The molecule has 1 radical (unpaired) electrons. The van der Waals surface area contributed by atoms with Gasteiger partial charge in [0.05, 0.1) is 7.11 Å². The van der Waals surface area contributed by atoms with Crippen molar-refractivity contribution < 1.29 is 4.74 Å². The lowest BCUT2D eigenvalue weighted by Gasteiger charge is -2.08. The zero-order valence-electron chi connectivity index (χ0n) is 8.33. The predicted molar refractivity (Wildman–Crippen MR) is 62.3 cm³/mol.